The second-order valence-corrected chi connectivity index (χ2v) is 7.56. The zero-order valence-electron chi connectivity index (χ0n) is 19.4. The quantitative estimate of drug-likeness (QED) is 0.149. The zero-order valence-corrected chi connectivity index (χ0v) is 21.8. The molecule has 0 aliphatic heterocycles. The molecule has 0 spiro atoms. The van der Waals surface area contributed by atoms with E-state index in [1.54, 1.807) is 7.11 Å². The maximum absolute atomic E-state index is 9.97. The summed E-state index contributed by atoms with van der Waals surface area (Å²) in [7, 11) is 1.66. The van der Waals surface area contributed by atoms with Gasteiger partial charge in [-0.15, -0.1) is 24.0 Å². The molecule has 0 radical (unpaired) electrons. The minimum atomic E-state index is -0.370. The number of ether oxygens (including phenoxy) is 2. The first-order valence-corrected chi connectivity index (χ1v) is 11.1. The van der Waals surface area contributed by atoms with Gasteiger partial charge in [0.1, 0.15) is 5.75 Å². The molecule has 32 heavy (non-hydrogen) atoms. The second kappa shape index (κ2) is 16.7. The van der Waals surface area contributed by atoms with Gasteiger partial charge in [0.05, 0.1) is 19.8 Å². The van der Waals surface area contributed by atoms with Crippen LogP contribution >= 0.6 is 24.0 Å². The van der Waals surface area contributed by atoms with Crippen molar-refractivity contribution in [3.8, 4) is 5.75 Å². The number of benzene rings is 2. The minimum Gasteiger partial charge on any atom is -0.497 e. The predicted octanol–water partition coefficient (Wildman–Crippen LogP) is 4.33. The summed E-state index contributed by atoms with van der Waals surface area (Å²) in [6.07, 6.45) is 1.23. The van der Waals surface area contributed by atoms with Gasteiger partial charge in [-0.3, -0.25) is 0 Å². The lowest BCUT2D eigenvalue weighted by Crippen LogP contribution is -2.40. The zero-order chi connectivity index (χ0) is 22.3. The number of aliphatic imine (C=N–C) groups is 1. The fourth-order valence-electron chi connectivity index (χ4n) is 3.30. The third kappa shape index (κ3) is 11.2. The molecule has 0 saturated carbocycles. The lowest BCUT2D eigenvalue weighted by molar-refractivity contribution is 0.145. The molecule has 0 aromatic heterocycles. The summed E-state index contributed by atoms with van der Waals surface area (Å²) in [5.41, 5.74) is 2.32. The van der Waals surface area contributed by atoms with Crippen molar-refractivity contribution in [2.45, 2.75) is 45.3 Å². The van der Waals surface area contributed by atoms with Crippen LogP contribution in [-0.4, -0.2) is 50.6 Å². The maximum atomic E-state index is 9.97. The third-order valence-electron chi connectivity index (χ3n) is 4.95. The molecule has 3 N–H and O–H groups in total. The van der Waals surface area contributed by atoms with Gasteiger partial charge < -0.3 is 25.2 Å². The average molecular weight is 556 g/mol. The standard InChI is InChI=1S/C25H37N3O3.HI/c1-4-31-16-8-15-26-25(27-18-21-11-13-24(30-3)14-12-21)28-19-23(17-20(2)29)22-9-6-5-7-10-22;/h5-7,9-14,20,23,29H,4,8,15-19H2,1-3H3,(H2,26,27,28);1H. The molecule has 2 unspecified atom stereocenters. The Labute approximate surface area is 209 Å². The number of aliphatic hydroxyl groups is 1. The summed E-state index contributed by atoms with van der Waals surface area (Å²) in [6, 6.07) is 18.2. The van der Waals surface area contributed by atoms with E-state index in [1.165, 1.54) is 5.56 Å². The van der Waals surface area contributed by atoms with E-state index in [0.29, 0.717) is 19.5 Å². The minimum absolute atomic E-state index is 0. The Morgan fingerprint density at radius 1 is 1.06 bits per heavy atom. The van der Waals surface area contributed by atoms with Crippen molar-refractivity contribution in [1.29, 1.82) is 0 Å². The largest absolute Gasteiger partial charge is 0.497 e. The molecule has 0 heterocycles. The van der Waals surface area contributed by atoms with Gasteiger partial charge in [-0.05, 0) is 49.9 Å². The molecule has 6 nitrogen and oxygen atoms in total. The van der Waals surface area contributed by atoms with Crippen LogP contribution in [0.4, 0.5) is 0 Å². The van der Waals surface area contributed by atoms with Crippen LogP contribution in [0, 0.1) is 0 Å². The highest BCUT2D eigenvalue weighted by molar-refractivity contribution is 14.0. The first-order valence-electron chi connectivity index (χ1n) is 11.1. The van der Waals surface area contributed by atoms with Gasteiger partial charge in [-0.2, -0.15) is 0 Å². The van der Waals surface area contributed by atoms with E-state index in [4.69, 9.17) is 14.5 Å². The van der Waals surface area contributed by atoms with Crippen molar-refractivity contribution in [1.82, 2.24) is 10.6 Å². The van der Waals surface area contributed by atoms with Crippen molar-refractivity contribution < 1.29 is 14.6 Å². The van der Waals surface area contributed by atoms with Gasteiger partial charge in [0, 0.05) is 32.2 Å². The van der Waals surface area contributed by atoms with Gasteiger partial charge >= 0.3 is 0 Å². The lowest BCUT2D eigenvalue weighted by atomic mass is 9.93. The highest BCUT2D eigenvalue weighted by atomic mass is 127. The Bertz CT molecular complexity index is 755. The maximum Gasteiger partial charge on any atom is 0.191 e. The molecular weight excluding hydrogens is 517 g/mol. The number of methoxy groups -OCH3 is 1. The normalized spacial score (nSPS) is 13.1. The Balaban J connectivity index is 0.00000512. The summed E-state index contributed by atoms with van der Waals surface area (Å²) in [5.74, 6) is 1.79. The molecule has 0 aliphatic rings. The molecule has 2 aromatic carbocycles. The van der Waals surface area contributed by atoms with Crippen LogP contribution in [0.25, 0.3) is 0 Å². The van der Waals surface area contributed by atoms with E-state index in [0.717, 1.165) is 43.5 Å². The molecule has 2 rings (SSSR count). The molecule has 0 aliphatic carbocycles. The van der Waals surface area contributed by atoms with Crippen molar-refractivity contribution in [2.24, 2.45) is 4.99 Å². The van der Waals surface area contributed by atoms with E-state index in [9.17, 15) is 5.11 Å². The first-order chi connectivity index (χ1) is 15.1. The van der Waals surface area contributed by atoms with Gasteiger partial charge in [-0.25, -0.2) is 4.99 Å². The van der Waals surface area contributed by atoms with E-state index >= 15 is 0 Å². The van der Waals surface area contributed by atoms with Gasteiger partial charge in [0.25, 0.3) is 0 Å². The van der Waals surface area contributed by atoms with Crippen LogP contribution < -0.4 is 15.4 Å². The van der Waals surface area contributed by atoms with Crippen molar-refractivity contribution >= 4 is 29.9 Å². The third-order valence-corrected chi connectivity index (χ3v) is 4.95. The summed E-state index contributed by atoms with van der Waals surface area (Å²) >= 11 is 0. The molecule has 0 saturated heterocycles. The average Bonchev–Trinajstić information content (AvgIpc) is 2.80. The van der Waals surface area contributed by atoms with Crippen LogP contribution in [0.15, 0.2) is 59.6 Å². The first kappa shape index (κ1) is 28.2. The number of rotatable bonds is 13. The molecule has 2 atom stereocenters. The monoisotopic (exact) mass is 555 g/mol. The van der Waals surface area contributed by atoms with Gasteiger partial charge in [-0.1, -0.05) is 42.5 Å². The van der Waals surface area contributed by atoms with Crippen LogP contribution in [-0.2, 0) is 11.3 Å². The van der Waals surface area contributed by atoms with Crippen LogP contribution in [0.2, 0.25) is 0 Å². The fraction of sp³-hybridized carbons (Fsp3) is 0.480. The van der Waals surface area contributed by atoms with Gasteiger partial charge in [0.2, 0.25) is 0 Å². The molecular formula is C25H38IN3O3. The highest BCUT2D eigenvalue weighted by Crippen LogP contribution is 2.20. The number of hydrogen-bond donors (Lipinski definition) is 3. The molecule has 7 heteroatoms. The van der Waals surface area contributed by atoms with E-state index in [-0.39, 0.29) is 36.0 Å². The number of guanidine groups is 1. The van der Waals surface area contributed by atoms with Crippen LogP contribution in [0.1, 0.15) is 43.7 Å². The smallest absolute Gasteiger partial charge is 0.191 e. The van der Waals surface area contributed by atoms with E-state index in [2.05, 4.69) is 22.8 Å². The Kier molecular flexibility index (Phi) is 14.8. The van der Waals surface area contributed by atoms with Crippen molar-refractivity contribution in [3.63, 3.8) is 0 Å². The Morgan fingerprint density at radius 3 is 2.41 bits per heavy atom. The summed E-state index contributed by atoms with van der Waals surface area (Å²) < 4.78 is 10.7. The topological polar surface area (TPSA) is 75.1 Å². The number of hydrogen-bond acceptors (Lipinski definition) is 4. The fourth-order valence-corrected chi connectivity index (χ4v) is 3.30. The SMILES string of the molecule is CCOCCCNC(=NCc1ccc(OC)cc1)NCC(CC(C)O)c1ccccc1.I. The summed E-state index contributed by atoms with van der Waals surface area (Å²) in [6.45, 7) is 7.33. The number of aliphatic hydroxyl groups excluding tert-OH is 1. The summed E-state index contributed by atoms with van der Waals surface area (Å²) in [5, 5.41) is 16.8. The molecule has 0 bridgehead atoms. The Hall–Kier alpha value is -1.84. The number of halogens is 1. The van der Waals surface area contributed by atoms with Crippen molar-refractivity contribution in [2.75, 3.05) is 33.4 Å². The van der Waals surface area contributed by atoms with Crippen LogP contribution in [0.5, 0.6) is 5.75 Å². The van der Waals surface area contributed by atoms with E-state index in [1.807, 2.05) is 56.3 Å². The summed E-state index contributed by atoms with van der Waals surface area (Å²) in [4.78, 5) is 4.76. The molecule has 178 valence electrons. The number of nitrogens with one attached hydrogen (secondary N) is 2. The number of nitrogens with zero attached hydrogens (tertiary/aromatic N) is 1. The lowest BCUT2D eigenvalue weighted by Gasteiger charge is -2.21. The molecule has 0 fully saturated rings. The van der Waals surface area contributed by atoms with Crippen molar-refractivity contribution in [3.05, 3.63) is 65.7 Å². The predicted molar refractivity (Wildman–Crippen MR) is 142 cm³/mol. The van der Waals surface area contributed by atoms with Crippen LogP contribution in [0.3, 0.4) is 0 Å². The van der Waals surface area contributed by atoms with Gasteiger partial charge in [0.15, 0.2) is 5.96 Å². The Morgan fingerprint density at radius 2 is 1.78 bits per heavy atom. The molecule has 0 amide bonds. The van der Waals surface area contributed by atoms with E-state index < -0.39 is 0 Å². The highest BCUT2D eigenvalue weighted by Gasteiger charge is 2.15. The molecule has 2 aromatic rings. The second-order valence-electron chi connectivity index (χ2n) is 7.56.